The molecule has 100 valence electrons. The maximum absolute atomic E-state index is 4.64. The molecule has 2 N–H and O–H groups in total. The number of thioether (sulfide) groups is 1. The van der Waals surface area contributed by atoms with Crippen molar-refractivity contribution in [3.63, 3.8) is 0 Å². The third kappa shape index (κ3) is 3.28. The van der Waals surface area contributed by atoms with Gasteiger partial charge in [0.05, 0.1) is 0 Å². The standard InChI is InChI=1S/C13H22N4S/c1-13(2,3)12-16-10(14-4)7-11(17-12)15-9-5-6-18-8-9/h7,9H,5-6,8H2,1-4H3,(H2,14,15,16,17). The highest BCUT2D eigenvalue weighted by molar-refractivity contribution is 7.99. The molecule has 0 radical (unpaired) electrons. The van der Waals surface area contributed by atoms with Crippen molar-refractivity contribution in [2.24, 2.45) is 0 Å². The van der Waals surface area contributed by atoms with E-state index >= 15 is 0 Å². The van der Waals surface area contributed by atoms with Crippen LogP contribution >= 0.6 is 11.8 Å². The van der Waals surface area contributed by atoms with Crippen LogP contribution in [0.15, 0.2) is 6.07 Å². The molecule has 0 saturated carbocycles. The number of anilines is 2. The summed E-state index contributed by atoms with van der Waals surface area (Å²) in [5.41, 5.74) is -0.0340. The van der Waals surface area contributed by atoms with Crippen LogP contribution in [0.1, 0.15) is 33.0 Å². The lowest BCUT2D eigenvalue weighted by Crippen LogP contribution is -2.22. The average Bonchev–Trinajstić information content (AvgIpc) is 2.80. The molecule has 0 spiro atoms. The van der Waals surface area contributed by atoms with Crippen LogP contribution in [0.5, 0.6) is 0 Å². The highest BCUT2D eigenvalue weighted by Crippen LogP contribution is 2.25. The molecule has 1 unspecified atom stereocenters. The first-order valence-corrected chi connectivity index (χ1v) is 7.56. The maximum atomic E-state index is 4.64. The SMILES string of the molecule is CNc1cc(NC2CCSC2)nc(C(C)(C)C)n1. The average molecular weight is 266 g/mol. The quantitative estimate of drug-likeness (QED) is 0.881. The molecule has 1 aromatic heterocycles. The summed E-state index contributed by atoms with van der Waals surface area (Å²) in [5, 5.41) is 6.62. The molecule has 18 heavy (non-hydrogen) atoms. The molecule has 0 amide bonds. The number of rotatable bonds is 3. The van der Waals surface area contributed by atoms with Crippen molar-refractivity contribution < 1.29 is 0 Å². The van der Waals surface area contributed by atoms with Crippen LogP contribution in [0.3, 0.4) is 0 Å². The first-order valence-electron chi connectivity index (χ1n) is 6.40. The first-order chi connectivity index (χ1) is 8.49. The Morgan fingerprint density at radius 2 is 2.00 bits per heavy atom. The van der Waals surface area contributed by atoms with E-state index in [-0.39, 0.29) is 5.41 Å². The molecule has 1 aliphatic rings. The Morgan fingerprint density at radius 1 is 1.28 bits per heavy atom. The lowest BCUT2D eigenvalue weighted by Gasteiger charge is -2.20. The van der Waals surface area contributed by atoms with Crippen molar-refractivity contribution in [3.8, 4) is 0 Å². The fraction of sp³-hybridized carbons (Fsp3) is 0.692. The summed E-state index contributed by atoms with van der Waals surface area (Å²) in [6, 6.07) is 2.53. The molecule has 5 heteroatoms. The highest BCUT2D eigenvalue weighted by Gasteiger charge is 2.21. The lowest BCUT2D eigenvalue weighted by molar-refractivity contribution is 0.546. The molecule has 1 aliphatic heterocycles. The van der Waals surface area contributed by atoms with Crippen LogP contribution in [-0.2, 0) is 5.41 Å². The van der Waals surface area contributed by atoms with E-state index in [2.05, 4.69) is 41.4 Å². The zero-order chi connectivity index (χ0) is 13.2. The summed E-state index contributed by atoms with van der Waals surface area (Å²) < 4.78 is 0. The smallest absolute Gasteiger partial charge is 0.138 e. The van der Waals surface area contributed by atoms with Gasteiger partial charge in [-0.3, -0.25) is 0 Å². The Labute approximate surface area is 113 Å². The minimum Gasteiger partial charge on any atom is -0.373 e. The minimum atomic E-state index is -0.0340. The zero-order valence-corrected chi connectivity index (χ0v) is 12.4. The van der Waals surface area contributed by atoms with E-state index in [9.17, 15) is 0 Å². The summed E-state index contributed by atoms with van der Waals surface area (Å²) >= 11 is 2.00. The van der Waals surface area contributed by atoms with Crippen LogP contribution in [0.25, 0.3) is 0 Å². The molecular formula is C13H22N4S. The van der Waals surface area contributed by atoms with Gasteiger partial charge in [-0.15, -0.1) is 0 Å². The predicted molar refractivity (Wildman–Crippen MR) is 79.6 cm³/mol. The van der Waals surface area contributed by atoms with Crippen LogP contribution in [0.2, 0.25) is 0 Å². The minimum absolute atomic E-state index is 0.0340. The van der Waals surface area contributed by atoms with E-state index < -0.39 is 0 Å². The summed E-state index contributed by atoms with van der Waals surface area (Å²) in [6.45, 7) is 6.41. The van der Waals surface area contributed by atoms with Gasteiger partial charge in [0.25, 0.3) is 0 Å². The van der Waals surface area contributed by atoms with Gasteiger partial charge in [-0.05, 0) is 12.2 Å². The van der Waals surface area contributed by atoms with Crippen molar-refractivity contribution in [1.82, 2.24) is 9.97 Å². The van der Waals surface area contributed by atoms with Gasteiger partial charge in [-0.25, -0.2) is 9.97 Å². The van der Waals surface area contributed by atoms with Gasteiger partial charge < -0.3 is 10.6 Å². The van der Waals surface area contributed by atoms with E-state index in [1.54, 1.807) is 0 Å². The maximum Gasteiger partial charge on any atom is 0.138 e. The molecule has 2 heterocycles. The Bertz CT molecular complexity index is 408. The third-order valence-electron chi connectivity index (χ3n) is 2.93. The Kier molecular flexibility index (Phi) is 4.00. The molecule has 1 fully saturated rings. The fourth-order valence-electron chi connectivity index (χ4n) is 1.84. The normalized spacial score (nSPS) is 19.9. The molecule has 2 rings (SSSR count). The Morgan fingerprint density at radius 3 is 2.56 bits per heavy atom. The highest BCUT2D eigenvalue weighted by atomic mass is 32.2. The summed E-state index contributed by atoms with van der Waals surface area (Å²) in [4.78, 5) is 9.17. The second kappa shape index (κ2) is 5.34. The second-order valence-corrected chi connectivity index (χ2v) is 6.82. The van der Waals surface area contributed by atoms with Crippen molar-refractivity contribution in [1.29, 1.82) is 0 Å². The largest absolute Gasteiger partial charge is 0.373 e. The number of nitrogens with one attached hydrogen (secondary N) is 2. The van der Waals surface area contributed by atoms with Crippen molar-refractivity contribution in [2.45, 2.75) is 38.6 Å². The van der Waals surface area contributed by atoms with E-state index in [0.29, 0.717) is 6.04 Å². The molecule has 1 aromatic rings. The van der Waals surface area contributed by atoms with E-state index in [1.165, 1.54) is 17.9 Å². The topological polar surface area (TPSA) is 49.8 Å². The number of nitrogens with zero attached hydrogens (tertiary/aromatic N) is 2. The first kappa shape index (κ1) is 13.5. The van der Waals surface area contributed by atoms with Crippen molar-refractivity contribution >= 4 is 23.4 Å². The molecular weight excluding hydrogens is 244 g/mol. The Hall–Kier alpha value is -0.970. The molecule has 0 aromatic carbocycles. The number of aromatic nitrogens is 2. The van der Waals surface area contributed by atoms with Gasteiger partial charge >= 0.3 is 0 Å². The molecule has 4 nitrogen and oxygen atoms in total. The summed E-state index contributed by atoms with van der Waals surface area (Å²) in [5.74, 6) is 5.11. The van der Waals surface area contributed by atoms with Crippen LogP contribution in [0, 0.1) is 0 Å². The van der Waals surface area contributed by atoms with Crippen LogP contribution < -0.4 is 10.6 Å². The van der Waals surface area contributed by atoms with E-state index in [4.69, 9.17) is 0 Å². The van der Waals surface area contributed by atoms with E-state index in [0.717, 1.165) is 17.5 Å². The van der Waals surface area contributed by atoms with Crippen molar-refractivity contribution in [3.05, 3.63) is 11.9 Å². The summed E-state index contributed by atoms with van der Waals surface area (Å²) in [6.07, 6.45) is 1.22. The molecule has 0 bridgehead atoms. The third-order valence-corrected chi connectivity index (χ3v) is 4.10. The van der Waals surface area contributed by atoms with E-state index in [1.807, 2.05) is 24.9 Å². The van der Waals surface area contributed by atoms with Gasteiger partial charge in [0, 0.05) is 30.3 Å². The Balaban J connectivity index is 2.23. The molecule has 1 saturated heterocycles. The fourth-order valence-corrected chi connectivity index (χ4v) is 2.99. The lowest BCUT2D eigenvalue weighted by atomic mass is 9.96. The van der Waals surface area contributed by atoms with Gasteiger partial charge in [0.15, 0.2) is 0 Å². The molecule has 1 atom stereocenters. The summed E-state index contributed by atoms with van der Waals surface area (Å²) in [7, 11) is 1.89. The molecule has 0 aliphatic carbocycles. The predicted octanol–water partition coefficient (Wildman–Crippen LogP) is 2.73. The van der Waals surface area contributed by atoms with Gasteiger partial charge in [0.2, 0.25) is 0 Å². The van der Waals surface area contributed by atoms with Gasteiger partial charge in [-0.2, -0.15) is 11.8 Å². The monoisotopic (exact) mass is 266 g/mol. The van der Waals surface area contributed by atoms with Crippen LogP contribution in [-0.4, -0.2) is 34.6 Å². The van der Waals surface area contributed by atoms with Gasteiger partial charge in [-0.1, -0.05) is 20.8 Å². The number of hydrogen-bond acceptors (Lipinski definition) is 5. The second-order valence-electron chi connectivity index (χ2n) is 5.67. The van der Waals surface area contributed by atoms with Crippen LogP contribution in [0.4, 0.5) is 11.6 Å². The van der Waals surface area contributed by atoms with Crippen molar-refractivity contribution in [2.75, 3.05) is 29.2 Å². The zero-order valence-electron chi connectivity index (χ0n) is 11.6. The van der Waals surface area contributed by atoms with Gasteiger partial charge in [0.1, 0.15) is 17.5 Å². The number of hydrogen-bond donors (Lipinski definition) is 2.